The van der Waals surface area contributed by atoms with Crippen LogP contribution in [0.1, 0.15) is 78.2 Å². The second-order valence-electron chi connectivity index (χ2n) is 13.6. The molecule has 0 bridgehead atoms. The molecule has 0 aliphatic carbocycles. The van der Waals surface area contributed by atoms with Crippen LogP contribution in [0.3, 0.4) is 0 Å². The molecule has 0 radical (unpaired) electrons. The highest BCUT2D eigenvalue weighted by molar-refractivity contribution is 5.98. The summed E-state index contributed by atoms with van der Waals surface area (Å²) >= 11 is 0. The zero-order valence-electron chi connectivity index (χ0n) is 31.0. The summed E-state index contributed by atoms with van der Waals surface area (Å²) in [5, 5.41) is 28.2. The van der Waals surface area contributed by atoms with Gasteiger partial charge in [-0.1, -0.05) is 46.2 Å². The molecule has 12 N–H and O–H groups in total. The summed E-state index contributed by atoms with van der Waals surface area (Å²) in [7, 11) is 0. The van der Waals surface area contributed by atoms with E-state index in [-0.39, 0.29) is 37.7 Å². The second kappa shape index (κ2) is 22.6. The summed E-state index contributed by atoms with van der Waals surface area (Å²) in [5.74, 6) is -6.18. The number of carbonyl (C=O) groups excluding carboxylic acids is 6. The summed E-state index contributed by atoms with van der Waals surface area (Å²) in [5.41, 5.74) is 11.9. The monoisotopic (exact) mass is 744 g/mol. The Bertz CT molecular complexity index is 1450. The highest BCUT2D eigenvalue weighted by Crippen LogP contribution is 2.14. The van der Waals surface area contributed by atoms with Crippen LogP contribution in [0.25, 0.3) is 0 Å². The van der Waals surface area contributed by atoms with Gasteiger partial charge in [0.2, 0.25) is 35.4 Å². The highest BCUT2D eigenvalue weighted by atomic mass is 16.4. The number of anilines is 1. The minimum atomic E-state index is -1.60. The fraction of sp³-hybridized carbons (Fsp3) is 0.600. The number of rotatable bonds is 17. The van der Waals surface area contributed by atoms with Crippen molar-refractivity contribution in [2.24, 2.45) is 22.4 Å². The van der Waals surface area contributed by atoms with Crippen molar-refractivity contribution in [3.05, 3.63) is 29.8 Å². The molecule has 1 heterocycles. The normalized spacial score (nSPS) is 20.2. The lowest BCUT2D eigenvalue weighted by Gasteiger charge is -2.27. The molecule has 2 rings (SSSR count). The molecule has 1 saturated heterocycles. The van der Waals surface area contributed by atoms with Gasteiger partial charge in [-0.05, 0) is 55.8 Å². The molecule has 18 nitrogen and oxygen atoms in total. The molecule has 6 amide bonds. The Hall–Kier alpha value is -5.26. The number of hydrogen-bond acceptors (Lipinski definition) is 9. The lowest BCUT2D eigenvalue weighted by molar-refractivity contribution is -0.141. The number of aliphatic carboxylic acids is 1. The van der Waals surface area contributed by atoms with Crippen LogP contribution in [-0.2, 0) is 40.0 Å². The molecular formula is C35H56N10O8. The number of guanidine groups is 1. The van der Waals surface area contributed by atoms with Gasteiger partial charge in [-0.15, -0.1) is 0 Å². The number of carboxylic acid groups (broad SMARTS) is 1. The number of nitrogens with one attached hydrogen (secondary N) is 7. The first kappa shape index (κ1) is 43.9. The van der Waals surface area contributed by atoms with Crippen LogP contribution in [0.2, 0.25) is 0 Å². The largest absolute Gasteiger partial charge is 0.481 e. The Morgan fingerprint density at radius 1 is 0.830 bits per heavy atom. The number of nitrogens with two attached hydrogens (primary N) is 2. The average Bonchev–Trinajstić information content (AvgIpc) is 3.08. The van der Waals surface area contributed by atoms with E-state index in [1.807, 2.05) is 0 Å². The predicted molar refractivity (Wildman–Crippen MR) is 198 cm³/mol. The number of unbranched alkanes of at least 4 members (excludes halogenated alkanes) is 2. The van der Waals surface area contributed by atoms with Gasteiger partial charge in [0.1, 0.15) is 24.2 Å². The van der Waals surface area contributed by atoms with Crippen LogP contribution in [0.15, 0.2) is 29.3 Å². The van der Waals surface area contributed by atoms with E-state index in [0.717, 1.165) is 25.8 Å². The predicted octanol–water partition coefficient (Wildman–Crippen LogP) is -1.02. The van der Waals surface area contributed by atoms with Crippen molar-refractivity contribution in [2.45, 2.75) is 109 Å². The van der Waals surface area contributed by atoms with Crippen molar-refractivity contribution >= 4 is 53.1 Å². The summed E-state index contributed by atoms with van der Waals surface area (Å²) in [6.45, 7) is 7.94. The van der Waals surface area contributed by atoms with Gasteiger partial charge in [-0.25, -0.2) is 0 Å². The van der Waals surface area contributed by atoms with Crippen molar-refractivity contribution in [3.8, 4) is 0 Å². The maximum Gasteiger partial charge on any atom is 0.305 e. The van der Waals surface area contributed by atoms with Gasteiger partial charge >= 0.3 is 5.97 Å². The van der Waals surface area contributed by atoms with Gasteiger partial charge in [-0.3, -0.25) is 38.6 Å². The molecule has 53 heavy (non-hydrogen) atoms. The minimum Gasteiger partial charge on any atom is -0.481 e. The first-order chi connectivity index (χ1) is 25.0. The standard InChI is InChI=1S/C35H56N10O8/c1-20(2)30-34(53)43-24(9-8-16-39-35(36)37)31(50)40-19-28(47)42-26(18-29(48)49)32(51)44-25(33(52)45-30)17-22-11-13-23(14-12-22)41-27(46)10-6-5-7-15-38-21(3)4/h11-14,20-21,24-26,30,38H,5-10,15-19H2,1-4H3,(H,40,50)(H,41,46)(H,42,47)(H,43,53)(H,44,51)(H,45,52)(H,48,49)(H4,36,37,39)/t24-,25+,26-,30-/m0/s1. The zero-order chi connectivity index (χ0) is 39.5. The van der Waals surface area contributed by atoms with E-state index >= 15 is 0 Å². The number of amides is 6. The Kier molecular flexibility index (Phi) is 18.7. The number of carboxylic acids is 1. The van der Waals surface area contributed by atoms with Gasteiger partial charge in [0.05, 0.1) is 13.0 Å². The topological polar surface area (TPSA) is 288 Å². The number of nitrogens with zero attached hydrogens (tertiary/aromatic N) is 1. The fourth-order valence-corrected chi connectivity index (χ4v) is 5.39. The van der Waals surface area contributed by atoms with Crippen LogP contribution < -0.4 is 48.7 Å². The van der Waals surface area contributed by atoms with Crippen molar-refractivity contribution in [2.75, 3.05) is 25.0 Å². The average molecular weight is 745 g/mol. The van der Waals surface area contributed by atoms with Crippen molar-refractivity contribution in [3.63, 3.8) is 0 Å². The third kappa shape index (κ3) is 17.2. The number of hydrogen-bond donors (Lipinski definition) is 10. The maximum absolute atomic E-state index is 13.8. The molecule has 0 spiro atoms. The maximum atomic E-state index is 13.8. The Balaban J connectivity index is 2.29. The van der Waals surface area contributed by atoms with Crippen molar-refractivity contribution < 1.29 is 38.7 Å². The first-order valence-corrected chi connectivity index (χ1v) is 17.9. The number of benzene rings is 1. The molecule has 294 valence electrons. The fourth-order valence-electron chi connectivity index (χ4n) is 5.39. The van der Waals surface area contributed by atoms with Crippen molar-refractivity contribution in [1.82, 2.24) is 31.9 Å². The quantitative estimate of drug-likeness (QED) is 0.0523. The first-order valence-electron chi connectivity index (χ1n) is 17.9. The van der Waals surface area contributed by atoms with E-state index in [1.54, 1.807) is 38.1 Å². The smallest absolute Gasteiger partial charge is 0.305 e. The zero-order valence-corrected chi connectivity index (χ0v) is 31.0. The lowest BCUT2D eigenvalue weighted by Crippen LogP contribution is -2.59. The van der Waals surface area contributed by atoms with E-state index in [9.17, 15) is 38.7 Å². The van der Waals surface area contributed by atoms with Gasteiger partial charge in [0, 0.05) is 31.1 Å². The van der Waals surface area contributed by atoms with E-state index in [4.69, 9.17) is 11.5 Å². The summed E-state index contributed by atoms with van der Waals surface area (Å²) in [4.78, 5) is 94.6. The molecule has 1 aliphatic heterocycles. The van der Waals surface area contributed by atoms with Gasteiger partial charge in [0.15, 0.2) is 5.96 Å². The summed E-state index contributed by atoms with van der Waals surface area (Å²) in [6.07, 6.45) is 2.43. The highest BCUT2D eigenvalue weighted by Gasteiger charge is 2.34. The van der Waals surface area contributed by atoms with Crippen LogP contribution in [0.4, 0.5) is 5.69 Å². The van der Waals surface area contributed by atoms with Gasteiger partial charge < -0.3 is 53.8 Å². The molecule has 0 aromatic heterocycles. The van der Waals surface area contributed by atoms with E-state index in [1.165, 1.54) is 0 Å². The van der Waals surface area contributed by atoms with E-state index in [2.05, 4.69) is 56.1 Å². The molecule has 1 fully saturated rings. The molecular weight excluding hydrogens is 688 g/mol. The van der Waals surface area contributed by atoms with Crippen LogP contribution >= 0.6 is 0 Å². The third-order valence-electron chi connectivity index (χ3n) is 8.22. The van der Waals surface area contributed by atoms with E-state index < -0.39 is 78.6 Å². The number of carbonyl (C=O) groups is 7. The lowest BCUT2D eigenvalue weighted by atomic mass is 9.99. The molecule has 0 saturated carbocycles. The Morgan fingerprint density at radius 2 is 1.49 bits per heavy atom. The SMILES string of the molecule is CC(C)NCCCCCC(=O)Nc1ccc(C[C@H]2NC(=O)[C@H](CC(=O)O)NC(=O)CNC(=O)[C@H](CCCN=C(N)N)NC(=O)[C@H](C(C)C)NC2=O)cc1. The number of aliphatic imine (C=N–C) groups is 1. The Labute approximate surface area is 309 Å². The second-order valence-corrected chi connectivity index (χ2v) is 13.6. The molecule has 18 heteroatoms. The van der Waals surface area contributed by atoms with Crippen LogP contribution in [0.5, 0.6) is 0 Å². The minimum absolute atomic E-state index is 0.0750. The van der Waals surface area contributed by atoms with Gasteiger partial charge in [0.25, 0.3) is 0 Å². The van der Waals surface area contributed by atoms with Crippen molar-refractivity contribution in [1.29, 1.82) is 0 Å². The van der Waals surface area contributed by atoms with Crippen LogP contribution in [-0.4, -0.2) is 102 Å². The molecule has 1 aromatic rings. The van der Waals surface area contributed by atoms with E-state index in [0.29, 0.717) is 23.7 Å². The third-order valence-corrected chi connectivity index (χ3v) is 8.22. The van der Waals surface area contributed by atoms with Gasteiger partial charge in [-0.2, -0.15) is 0 Å². The molecule has 4 atom stereocenters. The molecule has 1 aromatic carbocycles. The summed E-state index contributed by atoms with van der Waals surface area (Å²) in [6, 6.07) is 1.82. The summed E-state index contributed by atoms with van der Waals surface area (Å²) < 4.78 is 0. The van der Waals surface area contributed by atoms with Crippen LogP contribution in [0, 0.1) is 5.92 Å². The molecule has 0 unspecified atom stereocenters. The molecule has 1 aliphatic rings. The Morgan fingerprint density at radius 3 is 2.11 bits per heavy atom.